The zero-order valence-electron chi connectivity index (χ0n) is 27.6. The molecule has 0 unspecified atom stereocenters. The molecule has 0 saturated carbocycles. The van der Waals surface area contributed by atoms with E-state index in [1.807, 2.05) is 36.4 Å². The summed E-state index contributed by atoms with van der Waals surface area (Å²) in [6.07, 6.45) is 0. The number of benzene rings is 6. The molecule has 3 nitrogen and oxygen atoms in total. The Kier molecular flexibility index (Phi) is 6.20. The van der Waals surface area contributed by atoms with Crippen molar-refractivity contribution in [2.45, 2.75) is 38.5 Å². The molecule has 48 heavy (non-hydrogen) atoms. The van der Waals surface area contributed by atoms with Crippen LogP contribution in [-0.4, -0.2) is 15.0 Å². The van der Waals surface area contributed by atoms with Crippen molar-refractivity contribution in [2.24, 2.45) is 0 Å². The summed E-state index contributed by atoms with van der Waals surface area (Å²) in [4.78, 5) is 14.9. The van der Waals surface area contributed by atoms with Crippen LogP contribution in [0.15, 0.2) is 140 Å². The van der Waals surface area contributed by atoms with E-state index in [2.05, 4.69) is 131 Å². The van der Waals surface area contributed by atoms with E-state index in [1.54, 1.807) is 0 Å². The van der Waals surface area contributed by atoms with Crippen LogP contribution >= 0.6 is 0 Å². The summed E-state index contributed by atoms with van der Waals surface area (Å²) in [6.45, 7) is 9.42. The zero-order chi connectivity index (χ0) is 32.6. The van der Waals surface area contributed by atoms with Crippen LogP contribution in [0.2, 0.25) is 0 Å². The van der Waals surface area contributed by atoms with Crippen LogP contribution in [0.4, 0.5) is 0 Å². The summed E-state index contributed by atoms with van der Waals surface area (Å²) >= 11 is 0. The van der Waals surface area contributed by atoms with Crippen molar-refractivity contribution < 1.29 is 0 Å². The van der Waals surface area contributed by atoms with E-state index in [0.717, 1.165) is 16.7 Å². The fourth-order valence-corrected chi connectivity index (χ4v) is 8.07. The van der Waals surface area contributed by atoms with Gasteiger partial charge < -0.3 is 0 Å². The molecule has 0 aliphatic heterocycles. The fourth-order valence-electron chi connectivity index (χ4n) is 8.07. The average Bonchev–Trinajstić information content (AvgIpc) is 3.51. The normalized spacial score (nSPS) is 14.6. The molecule has 0 bridgehead atoms. The molecular weight excluding hydrogens is 583 g/mol. The van der Waals surface area contributed by atoms with E-state index in [9.17, 15) is 0 Å². The van der Waals surface area contributed by atoms with Crippen LogP contribution in [0, 0.1) is 0 Å². The Morgan fingerprint density at radius 2 is 0.792 bits per heavy atom. The van der Waals surface area contributed by atoms with Crippen molar-refractivity contribution in [2.75, 3.05) is 0 Å². The van der Waals surface area contributed by atoms with Gasteiger partial charge in [0.1, 0.15) is 0 Å². The van der Waals surface area contributed by atoms with Crippen LogP contribution < -0.4 is 0 Å². The topological polar surface area (TPSA) is 38.7 Å². The molecule has 2 aliphatic carbocycles. The van der Waals surface area contributed by atoms with Gasteiger partial charge >= 0.3 is 0 Å². The molecule has 0 fully saturated rings. The number of hydrogen-bond acceptors (Lipinski definition) is 3. The predicted molar refractivity (Wildman–Crippen MR) is 197 cm³/mol. The van der Waals surface area contributed by atoms with Gasteiger partial charge in [0.05, 0.1) is 0 Å². The van der Waals surface area contributed by atoms with Crippen molar-refractivity contribution in [1.29, 1.82) is 0 Å². The van der Waals surface area contributed by atoms with Crippen LogP contribution in [0.1, 0.15) is 49.9 Å². The van der Waals surface area contributed by atoms with Crippen LogP contribution in [-0.2, 0) is 10.8 Å². The third-order valence-corrected chi connectivity index (χ3v) is 10.5. The van der Waals surface area contributed by atoms with Gasteiger partial charge in [-0.1, -0.05) is 155 Å². The van der Waals surface area contributed by atoms with Gasteiger partial charge in [-0.25, -0.2) is 15.0 Å². The molecule has 7 aromatic rings. The minimum atomic E-state index is -0.204. The number of hydrogen-bond donors (Lipinski definition) is 0. The third kappa shape index (κ3) is 4.24. The first-order valence-electron chi connectivity index (χ1n) is 16.7. The van der Waals surface area contributed by atoms with Gasteiger partial charge in [-0.05, 0) is 67.8 Å². The van der Waals surface area contributed by atoms with Crippen LogP contribution in [0.5, 0.6) is 0 Å². The summed E-state index contributed by atoms with van der Waals surface area (Å²) in [5.41, 5.74) is 16.0. The van der Waals surface area contributed by atoms with Gasteiger partial charge in [-0.3, -0.25) is 0 Å². The highest BCUT2D eigenvalue weighted by Gasteiger charge is 2.39. The van der Waals surface area contributed by atoms with E-state index < -0.39 is 0 Å². The van der Waals surface area contributed by atoms with Crippen molar-refractivity contribution in [3.05, 3.63) is 162 Å². The second-order valence-corrected chi connectivity index (χ2v) is 14.1. The lowest BCUT2D eigenvalue weighted by molar-refractivity contribution is 0.659. The molecule has 1 aromatic heterocycles. The molecule has 0 atom stereocenters. The average molecular weight is 618 g/mol. The minimum absolute atomic E-state index is 0.0728. The molecule has 2 aliphatic rings. The monoisotopic (exact) mass is 617 g/mol. The maximum Gasteiger partial charge on any atom is 0.164 e. The summed E-state index contributed by atoms with van der Waals surface area (Å²) in [6, 6.07) is 49.8. The SMILES string of the molecule is CC1(C)c2cc(-c3nc(-c4ccccc4)nc(-c4ccccc4)n3)ccc2-c2ccc(-c3cccc4c3C(C)(C)c3ccccc3-4)cc21. The number of nitrogens with zero attached hydrogens (tertiary/aromatic N) is 3. The molecule has 0 amide bonds. The van der Waals surface area contributed by atoms with E-state index in [-0.39, 0.29) is 10.8 Å². The van der Waals surface area contributed by atoms with Gasteiger partial charge in [0.2, 0.25) is 0 Å². The molecule has 9 rings (SSSR count). The van der Waals surface area contributed by atoms with Gasteiger partial charge in [-0.15, -0.1) is 0 Å². The lowest BCUT2D eigenvalue weighted by atomic mass is 9.77. The van der Waals surface area contributed by atoms with E-state index in [4.69, 9.17) is 15.0 Å². The highest BCUT2D eigenvalue weighted by atomic mass is 15.0. The second kappa shape index (κ2) is 10.4. The molecule has 0 N–H and O–H groups in total. The minimum Gasteiger partial charge on any atom is -0.208 e. The zero-order valence-corrected chi connectivity index (χ0v) is 27.6. The van der Waals surface area contributed by atoms with E-state index >= 15 is 0 Å². The largest absolute Gasteiger partial charge is 0.208 e. The summed E-state index contributed by atoms with van der Waals surface area (Å²) in [5.74, 6) is 2.03. The lowest BCUT2D eigenvalue weighted by Gasteiger charge is -2.26. The lowest BCUT2D eigenvalue weighted by Crippen LogP contribution is -2.17. The Morgan fingerprint density at radius 1 is 0.333 bits per heavy atom. The Balaban J connectivity index is 1.15. The Bertz CT molecular complexity index is 2330. The highest BCUT2D eigenvalue weighted by molar-refractivity contribution is 5.90. The molecule has 0 radical (unpaired) electrons. The number of rotatable bonds is 4. The van der Waals surface area contributed by atoms with Gasteiger partial charge in [-0.2, -0.15) is 0 Å². The first-order valence-corrected chi connectivity index (χ1v) is 16.7. The Labute approximate surface area is 282 Å². The van der Waals surface area contributed by atoms with Crippen molar-refractivity contribution >= 4 is 0 Å². The molecule has 0 spiro atoms. The molecular formula is C45H35N3. The smallest absolute Gasteiger partial charge is 0.164 e. The van der Waals surface area contributed by atoms with Crippen molar-refractivity contribution in [3.8, 4) is 67.5 Å². The third-order valence-electron chi connectivity index (χ3n) is 10.5. The first-order chi connectivity index (χ1) is 23.3. The number of fused-ring (bicyclic) bond motifs is 6. The van der Waals surface area contributed by atoms with Gasteiger partial charge in [0.25, 0.3) is 0 Å². The summed E-state index contributed by atoms with van der Waals surface area (Å²) in [7, 11) is 0. The molecule has 1 heterocycles. The second-order valence-electron chi connectivity index (χ2n) is 14.1. The van der Waals surface area contributed by atoms with Gasteiger partial charge in [0.15, 0.2) is 17.5 Å². The Morgan fingerprint density at radius 3 is 1.42 bits per heavy atom. The standard InChI is InChI=1S/C45H35N3/c1-44(2)38-26-30(32-19-13-20-36-33-18-11-12-21-37(33)45(3,4)40(32)36)22-24-34(38)35-25-23-31(27-39(35)44)43-47-41(28-14-7-5-8-15-28)46-42(48-43)29-16-9-6-10-17-29/h5-27H,1-4H3. The highest BCUT2D eigenvalue weighted by Crippen LogP contribution is 2.54. The number of aromatic nitrogens is 3. The van der Waals surface area contributed by atoms with E-state index in [1.165, 1.54) is 55.6 Å². The molecule has 3 heteroatoms. The summed E-state index contributed by atoms with van der Waals surface area (Å²) in [5, 5.41) is 0. The predicted octanol–water partition coefficient (Wildman–Crippen LogP) is 11.2. The fraction of sp³-hybridized carbons (Fsp3) is 0.133. The maximum atomic E-state index is 5.02. The van der Waals surface area contributed by atoms with Gasteiger partial charge in [0, 0.05) is 27.5 Å². The van der Waals surface area contributed by atoms with Crippen LogP contribution in [0.3, 0.4) is 0 Å². The quantitative estimate of drug-likeness (QED) is 0.197. The molecule has 230 valence electrons. The van der Waals surface area contributed by atoms with Crippen molar-refractivity contribution in [3.63, 3.8) is 0 Å². The van der Waals surface area contributed by atoms with E-state index in [0.29, 0.717) is 17.5 Å². The molecule has 6 aromatic carbocycles. The Hall–Kier alpha value is -5.67. The first kappa shape index (κ1) is 28.5. The maximum absolute atomic E-state index is 5.02. The van der Waals surface area contributed by atoms with Crippen LogP contribution in [0.25, 0.3) is 67.5 Å². The molecule has 0 saturated heterocycles. The van der Waals surface area contributed by atoms with Crippen molar-refractivity contribution in [1.82, 2.24) is 15.0 Å². The summed E-state index contributed by atoms with van der Waals surface area (Å²) < 4.78 is 0.